The molecule has 0 spiro atoms. The minimum atomic E-state index is 0.283. The molecule has 0 unspecified atom stereocenters. The zero-order valence-electron chi connectivity index (χ0n) is 16.6. The van der Waals surface area contributed by atoms with E-state index in [2.05, 4.69) is 33.4 Å². The van der Waals surface area contributed by atoms with Crippen LogP contribution in [-0.4, -0.2) is 72.7 Å². The fraction of sp³-hybridized carbons (Fsp3) is 0.591. The number of nitrogens with zero attached hydrogens (tertiary/aromatic N) is 3. The molecule has 152 valence electrons. The van der Waals surface area contributed by atoms with E-state index in [0.717, 1.165) is 70.2 Å². The number of hydrogen-bond acceptors (Lipinski definition) is 5. The minimum absolute atomic E-state index is 0.283. The highest BCUT2D eigenvalue weighted by molar-refractivity contribution is 5.76. The maximum atomic E-state index is 12.4. The van der Waals surface area contributed by atoms with Crippen LogP contribution >= 0.6 is 0 Å². The number of piperazine rings is 1. The van der Waals surface area contributed by atoms with Crippen molar-refractivity contribution in [3.63, 3.8) is 0 Å². The quantitative estimate of drug-likeness (QED) is 0.704. The molecule has 1 aromatic carbocycles. The SMILES string of the molecule is C=CCCC(=O)N1CCC[C@@H](N2CCN(Cc3ccc4c(c3)OCO4)CC2)C1. The van der Waals surface area contributed by atoms with E-state index >= 15 is 0 Å². The first-order chi connectivity index (χ1) is 13.7. The molecule has 0 saturated carbocycles. The van der Waals surface area contributed by atoms with Crippen molar-refractivity contribution >= 4 is 5.91 Å². The summed E-state index contributed by atoms with van der Waals surface area (Å²) in [6.07, 6.45) is 5.52. The molecule has 6 heteroatoms. The third-order valence-corrected chi connectivity index (χ3v) is 6.08. The standard InChI is InChI=1S/C22H31N3O3/c1-2-3-6-22(26)25-9-4-5-19(16-25)24-12-10-23(11-13-24)15-18-7-8-20-21(14-18)28-17-27-20/h2,7-8,14,19H,1,3-6,9-13,15-17H2/t19-/m1/s1. The fourth-order valence-electron chi connectivity index (χ4n) is 4.45. The molecule has 2 saturated heterocycles. The lowest BCUT2D eigenvalue weighted by Gasteiger charge is -2.43. The zero-order valence-corrected chi connectivity index (χ0v) is 16.6. The molecule has 0 radical (unpaired) electrons. The van der Waals surface area contributed by atoms with Crippen LogP contribution < -0.4 is 9.47 Å². The van der Waals surface area contributed by atoms with E-state index in [1.165, 1.54) is 12.0 Å². The summed E-state index contributed by atoms with van der Waals surface area (Å²) in [7, 11) is 0. The number of fused-ring (bicyclic) bond motifs is 1. The summed E-state index contributed by atoms with van der Waals surface area (Å²) in [4.78, 5) is 19.5. The van der Waals surface area contributed by atoms with Crippen LogP contribution in [0.4, 0.5) is 0 Å². The Morgan fingerprint density at radius 3 is 2.79 bits per heavy atom. The third kappa shape index (κ3) is 4.50. The Labute approximate surface area is 167 Å². The topological polar surface area (TPSA) is 45.3 Å². The molecule has 4 rings (SSSR count). The molecule has 0 N–H and O–H groups in total. The number of amides is 1. The molecule has 3 aliphatic rings. The highest BCUT2D eigenvalue weighted by Crippen LogP contribution is 2.33. The average Bonchev–Trinajstić information content (AvgIpc) is 3.20. The lowest BCUT2D eigenvalue weighted by molar-refractivity contribution is -0.133. The summed E-state index contributed by atoms with van der Waals surface area (Å²) in [5.74, 6) is 1.99. The van der Waals surface area contributed by atoms with E-state index in [-0.39, 0.29) is 5.91 Å². The first-order valence-electron chi connectivity index (χ1n) is 10.5. The fourth-order valence-corrected chi connectivity index (χ4v) is 4.45. The smallest absolute Gasteiger partial charge is 0.231 e. The van der Waals surface area contributed by atoms with E-state index in [0.29, 0.717) is 19.3 Å². The van der Waals surface area contributed by atoms with Gasteiger partial charge in [0.05, 0.1) is 0 Å². The van der Waals surface area contributed by atoms with Crippen LogP contribution in [0.5, 0.6) is 11.5 Å². The first kappa shape index (κ1) is 19.3. The van der Waals surface area contributed by atoms with Crippen molar-refractivity contribution in [1.29, 1.82) is 0 Å². The summed E-state index contributed by atoms with van der Waals surface area (Å²) < 4.78 is 10.9. The molecule has 3 heterocycles. The summed E-state index contributed by atoms with van der Waals surface area (Å²) in [5.41, 5.74) is 1.27. The maximum absolute atomic E-state index is 12.4. The van der Waals surface area contributed by atoms with Crippen LogP contribution in [0.25, 0.3) is 0 Å². The molecular weight excluding hydrogens is 354 g/mol. The van der Waals surface area contributed by atoms with E-state index in [1.807, 2.05) is 12.1 Å². The molecule has 1 aromatic rings. The van der Waals surface area contributed by atoms with Gasteiger partial charge < -0.3 is 14.4 Å². The molecule has 6 nitrogen and oxygen atoms in total. The number of benzene rings is 1. The summed E-state index contributed by atoms with van der Waals surface area (Å²) in [6, 6.07) is 6.75. The molecular formula is C22H31N3O3. The number of carbonyl (C=O) groups is 1. The number of likely N-dealkylation sites (tertiary alicyclic amines) is 1. The Morgan fingerprint density at radius 2 is 1.96 bits per heavy atom. The van der Waals surface area contributed by atoms with Gasteiger partial charge in [0, 0.05) is 58.3 Å². The number of hydrogen-bond donors (Lipinski definition) is 0. The zero-order chi connectivity index (χ0) is 19.3. The van der Waals surface area contributed by atoms with Crippen LogP contribution in [0, 0.1) is 0 Å². The lowest BCUT2D eigenvalue weighted by Crippen LogP contribution is -2.55. The van der Waals surface area contributed by atoms with Gasteiger partial charge >= 0.3 is 0 Å². The first-order valence-corrected chi connectivity index (χ1v) is 10.5. The molecule has 0 bridgehead atoms. The van der Waals surface area contributed by atoms with Crippen molar-refractivity contribution in [2.24, 2.45) is 0 Å². The highest BCUT2D eigenvalue weighted by atomic mass is 16.7. The Kier molecular flexibility index (Phi) is 6.17. The van der Waals surface area contributed by atoms with Crippen molar-refractivity contribution in [2.75, 3.05) is 46.1 Å². The number of ether oxygens (including phenoxy) is 2. The van der Waals surface area contributed by atoms with Crippen molar-refractivity contribution in [3.8, 4) is 11.5 Å². The highest BCUT2D eigenvalue weighted by Gasteiger charge is 2.29. The minimum Gasteiger partial charge on any atom is -0.454 e. The largest absolute Gasteiger partial charge is 0.454 e. The molecule has 28 heavy (non-hydrogen) atoms. The lowest BCUT2D eigenvalue weighted by atomic mass is 10.0. The van der Waals surface area contributed by atoms with Crippen molar-refractivity contribution in [1.82, 2.24) is 14.7 Å². The van der Waals surface area contributed by atoms with E-state index in [1.54, 1.807) is 0 Å². The molecule has 1 amide bonds. The summed E-state index contributed by atoms with van der Waals surface area (Å²) in [6.45, 7) is 11.1. The van der Waals surface area contributed by atoms with Crippen LogP contribution in [0.3, 0.4) is 0 Å². The maximum Gasteiger partial charge on any atom is 0.231 e. The predicted molar refractivity (Wildman–Crippen MR) is 108 cm³/mol. The van der Waals surface area contributed by atoms with Gasteiger partial charge in [0.1, 0.15) is 0 Å². The van der Waals surface area contributed by atoms with Gasteiger partial charge in [-0.3, -0.25) is 14.6 Å². The van der Waals surface area contributed by atoms with Crippen LogP contribution in [0.1, 0.15) is 31.2 Å². The normalized spacial score (nSPS) is 23.0. The molecule has 1 atom stereocenters. The Hall–Kier alpha value is -2.05. The number of carbonyl (C=O) groups excluding carboxylic acids is 1. The molecule has 0 aliphatic carbocycles. The van der Waals surface area contributed by atoms with Crippen molar-refractivity contribution in [2.45, 2.75) is 38.3 Å². The van der Waals surface area contributed by atoms with Gasteiger partial charge in [-0.15, -0.1) is 6.58 Å². The van der Waals surface area contributed by atoms with Gasteiger partial charge in [-0.25, -0.2) is 0 Å². The van der Waals surface area contributed by atoms with Crippen LogP contribution in [0.2, 0.25) is 0 Å². The van der Waals surface area contributed by atoms with Crippen LogP contribution in [0.15, 0.2) is 30.9 Å². The van der Waals surface area contributed by atoms with Crippen molar-refractivity contribution < 1.29 is 14.3 Å². The van der Waals surface area contributed by atoms with Gasteiger partial charge in [-0.05, 0) is 37.0 Å². The molecule has 0 aromatic heterocycles. The van der Waals surface area contributed by atoms with Gasteiger partial charge in [-0.2, -0.15) is 0 Å². The monoisotopic (exact) mass is 385 g/mol. The number of piperidine rings is 1. The Bertz CT molecular complexity index is 700. The van der Waals surface area contributed by atoms with Gasteiger partial charge in [0.25, 0.3) is 0 Å². The molecule has 2 fully saturated rings. The Balaban J connectivity index is 1.25. The van der Waals surface area contributed by atoms with Gasteiger partial charge in [0.2, 0.25) is 12.7 Å². The van der Waals surface area contributed by atoms with E-state index < -0.39 is 0 Å². The average molecular weight is 386 g/mol. The Morgan fingerprint density at radius 1 is 1.14 bits per heavy atom. The second kappa shape index (κ2) is 8.97. The predicted octanol–water partition coefficient (Wildman–Crippen LogP) is 2.49. The van der Waals surface area contributed by atoms with Gasteiger partial charge in [0.15, 0.2) is 11.5 Å². The number of rotatable bonds is 6. The number of allylic oxidation sites excluding steroid dienone is 1. The van der Waals surface area contributed by atoms with Gasteiger partial charge in [-0.1, -0.05) is 12.1 Å². The third-order valence-electron chi connectivity index (χ3n) is 6.08. The summed E-state index contributed by atoms with van der Waals surface area (Å²) in [5, 5.41) is 0. The van der Waals surface area contributed by atoms with E-state index in [9.17, 15) is 4.79 Å². The molecule has 3 aliphatic heterocycles. The van der Waals surface area contributed by atoms with Crippen molar-refractivity contribution in [3.05, 3.63) is 36.4 Å². The summed E-state index contributed by atoms with van der Waals surface area (Å²) >= 11 is 0. The van der Waals surface area contributed by atoms with E-state index in [4.69, 9.17) is 9.47 Å². The second-order valence-electron chi connectivity index (χ2n) is 7.96. The van der Waals surface area contributed by atoms with Crippen LogP contribution in [-0.2, 0) is 11.3 Å². The second-order valence-corrected chi connectivity index (χ2v) is 7.96.